The van der Waals surface area contributed by atoms with Gasteiger partial charge >= 0.3 is 0 Å². The summed E-state index contributed by atoms with van der Waals surface area (Å²) in [6, 6.07) is 6.42. The van der Waals surface area contributed by atoms with E-state index < -0.39 is 23.4 Å². The standard InChI is InChI=1S/C23H25F3N4O2.C2H6/c1-13(2)3-20-10-21(31)30(23(27)29-20)12-15-4-16(8-17(24)7-15)22(32)28-11-14-5-18(25)9-19(26)6-14;1-2/h4-9,13,20H,3,10-12H2,1-2H3,(H2,27,29)(H,28,32);1-2H3. The summed E-state index contributed by atoms with van der Waals surface area (Å²) in [5.41, 5.74) is 6.58. The first-order valence-electron chi connectivity index (χ1n) is 11.3. The van der Waals surface area contributed by atoms with Crippen molar-refractivity contribution in [2.24, 2.45) is 16.6 Å². The van der Waals surface area contributed by atoms with Gasteiger partial charge in [-0.25, -0.2) is 18.2 Å². The third-order valence-electron chi connectivity index (χ3n) is 4.98. The van der Waals surface area contributed by atoms with Gasteiger partial charge in [0.15, 0.2) is 5.96 Å². The molecule has 0 bridgehead atoms. The van der Waals surface area contributed by atoms with Crippen LogP contribution in [0.25, 0.3) is 0 Å². The van der Waals surface area contributed by atoms with Crippen LogP contribution in [-0.4, -0.2) is 28.7 Å². The highest BCUT2D eigenvalue weighted by atomic mass is 19.1. The third-order valence-corrected chi connectivity index (χ3v) is 4.98. The molecule has 1 atom stereocenters. The fourth-order valence-electron chi connectivity index (χ4n) is 3.64. The molecule has 0 fully saturated rings. The minimum absolute atomic E-state index is 0.00882. The zero-order chi connectivity index (χ0) is 25.4. The smallest absolute Gasteiger partial charge is 0.251 e. The van der Waals surface area contributed by atoms with E-state index >= 15 is 0 Å². The van der Waals surface area contributed by atoms with Crippen LogP contribution in [-0.2, 0) is 17.9 Å². The van der Waals surface area contributed by atoms with E-state index in [0.717, 1.165) is 30.7 Å². The van der Waals surface area contributed by atoms with E-state index in [2.05, 4.69) is 10.3 Å². The number of nitrogens with zero attached hydrogens (tertiary/aromatic N) is 2. The van der Waals surface area contributed by atoms with Crippen molar-refractivity contribution in [2.75, 3.05) is 0 Å². The predicted molar refractivity (Wildman–Crippen MR) is 125 cm³/mol. The predicted octanol–water partition coefficient (Wildman–Crippen LogP) is 4.52. The maximum atomic E-state index is 14.2. The average molecular weight is 477 g/mol. The largest absolute Gasteiger partial charge is 0.369 e. The van der Waals surface area contributed by atoms with E-state index in [0.29, 0.717) is 11.5 Å². The van der Waals surface area contributed by atoms with Crippen molar-refractivity contribution in [3.05, 3.63) is 70.5 Å². The summed E-state index contributed by atoms with van der Waals surface area (Å²) in [5.74, 6) is -2.60. The summed E-state index contributed by atoms with van der Waals surface area (Å²) >= 11 is 0. The number of rotatable bonds is 7. The number of amides is 2. The first kappa shape index (κ1) is 26.9. The van der Waals surface area contributed by atoms with Gasteiger partial charge in [-0.1, -0.05) is 27.7 Å². The third kappa shape index (κ3) is 7.60. The quantitative estimate of drug-likeness (QED) is 0.616. The molecule has 6 nitrogen and oxygen atoms in total. The maximum Gasteiger partial charge on any atom is 0.251 e. The molecule has 184 valence electrons. The molecule has 1 aliphatic heterocycles. The molecule has 0 radical (unpaired) electrons. The van der Waals surface area contributed by atoms with Gasteiger partial charge in [0, 0.05) is 24.6 Å². The van der Waals surface area contributed by atoms with E-state index in [1.165, 1.54) is 17.0 Å². The molecule has 9 heteroatoms. The van der Waals surface area contributed by atoms with E-state index in [-0.39, 0.29) is 48.5 Å². The Morgan fingerprint density at radius 1 is 1.06 bits per heavy atom. The lowest BCUT2D eigenvalue weighted by molar-refractivity contribution is -0.129. The Balaban J connectivity index is 0.00000199. The molecule has 1 heterocycles. The number of carbonyl (C=O) groups is 2. The summed E-state index contributed by atoms with van der Waals surface area (Å²) in [6.07, 6.45) is 0.950. The normalized spacial score (nSPS) is 15.5. The topological polar surface area (TPSA) is 87.8 Å². The Bertz CT molecular complexity index is 1040. The molecule has 2 aromatic rings. The number of halogens is 3. The molecule has 3 N–H and O–H groups in total. The number of carbonyl (C=O) groups excluding carboxylic acids is 2. The molecular formula is C25H31F3N4O2. The van der Waals surface area contributed by atoms with Crippen LogP contribution in [0.3, 0.4) is 0 Å². The molecule has 1 aliphatic rings. The van der Waals surface area contributed by atoms with Crippen molar-refractivity contribution >= 4 is 17.8 Å². The highest BCUT2D eigenvalue weighted by Gasteiger charge is 2.28. The van der Waals surface area contributed by atoms with Gasteiger partial charge in [0.05, 0.1) is 12.6 Å². The molecule has 1 unspecified atom stereocenters. The highest BCUT2D eigenvalue weighted by Crippen LogP contribution is 2.20. The van der Waals surface area contributed by atoms with E-state index in [9.17, 15) is 22.8 Å². The van der Waals surface area contributed by atoms with Crippen LogP contribution in [0.15, 0.2) is 41.4 Å². The molecule has 0 saturated heterocycles. The van der Waals surface area contributed by atoms with Crippen molar-refractivity contribution in [2.45, 2.75) is 59.7 Å². The van der Waals surface area contributed by atoms with Crippen LogP contribution in [0, 0.1) is 23.4 Å². The van der Waals surface area contributed by atoms with Crippen LogP contribution in [0.5, 0.6) is 0 Å². The Kier molecular flexibility index (Phi) is 9.65. The second-order valence-corrected chi connectivity index (χ2v) is 8.26. The second kappa shape index (κ2) is 12.2. The lowest BCUT2D eigenvalue weighted by atomic mass is 10.00. The fraction of sp³-hybridized carbons (Fsp3) is 0.400. The summed E-state index contributed by atoms with van der Waals surface area (Å²) in [5, 5.41) is 2.50. The van der Waals surface area contributed by atoms with Gasteiger partial charge < -0.3 is 11.1 Å². The first-order valence-corrected chi connectivity index (χ1v) is 11.3. The monoisotopic (exact) mass is 476 g/mol. The Hall–Kier alpha value is -3.36. The van der Waals surface area contributed by atoms with Crippen molar-refractivity contribution in [3.8, 4) is 0 Å². The summed E-state index contributed by atoms with van der Waals surface area (Å²) in [7, 11) is 0. The number of guanidine groups is 1. The van der Waals surface area contributed by atoms with Crippen LogP contribution in [0.1, 0.15) is 62.0 Å². The summed E-state index contributed by atoms with van der Waals surface area (Å²) < 4.78 is 40.8. The molecule has 0 aromatic heterocycles. The van der Waals surface area contributed by atoms with Crippen molar-refractivity contribution in [3.63, 3.8) is 0 Å². The number of nitrogens with two attached hydrogens (primary N) is 1. The number of benzene rings is 2. The summed E-state index contributed by atoms with van der Waals surface area (Å²) in [6.45, 7) is 7.90. The SMILES string of the molecule is CC.CC(C)CC1CC(=O)N(Cc2cc(F)cc(C(=O)NCc3cc(F)cc(F)c3)c2)C(N)=N1. The maximum absolute atomic E-state index is 14.2. The molecule has 0 spiro atoms. The zero-order valence-electron chi connectivity index (χ0n) is 19.9. The van der Waals surface area contributed by atoms with Gasteiger partial charge in [-0.15, -0.1) is 0 Å². The lowest BCUT2D eigenvalue weighted by Gasteiger charge is -2.29. The lowest BCUT2D eigenvalue weighted by Crippen LogP contribution is -2.46. The van der Waals surface area contributed by atoms with Gasteiger partial charge in [-0.2, -0.15) is 0 Å². The van der Waals surface area contributed by atoms with Crippen molar-refractivity contribution in [1.29, 1.82) is 0 Å². The molecule has 0 aliphatic carbocycles. The number of aliphatic imine (C=N–C) groups is 1. The van der Waals surface area contributed by atoms with E-state index in [1.54, 1.807) is 0 Å². The first-order chi connectivity index (χ1) is 16.1. The highest BCUT2D eigenvalue weighted by molar-refractivity contribution is 5.98. The molecule has 2 amide bonds. The van der Waals surface area contributed by atoms with Gasteiger partial charge in [-0.3, -0.25) is 14.5 Å². The van der Waals surface area contributed by atoms with Crippen LogP contribution in [0.4, 0.5) is 13.2 Å². The van der Waals surface area contributed by atoms with Crippen molar-refractivity contribution < 1.29 is 22.8 Å². The molecule has 34 heavy (non-hydrogen) atoms. The fourth-order valence-corrected chi connectivity index (χ4v) is 3.64. The second-order valence-electron chi connectivity index (χ2n) is 8.26. The minimum atomic E-state index is -0.761. The molecule has 0 saturated carbocycles. The van der Waals surface area contributed by atoms with Crippen molar-refractivity contribution in [1.82, 2.24) is 10.2 Å². The minimum Gasteiger partial charge on any atom is -0.369 e. The molecule has 3 rings (SSSR count). The van der Waals surface area contributed by atoms with Gasteiger partial charge in [0.2, 0.25) is 5.91 Å². The molecular weight excluding hydrogens is 445 g/mol. The van der Waals surface area contributed by atoms with Gasteiger partial charge in [0.1, 0.15) is 17.5 Å². The number of hydrogen-bond acceptors (Lipinski definition) is 4. The number of hydrogen-bond donors (Lipinski definition) is 2. The zero-order valence-corrected chi connectivity index (χ0v) is 19.9. The Morgan fingerprint density at radius 3 is 2.24 bits per heavy atom. The Labute approximate surface area is 198 Å². The van der Waals surface area contributed by atoms with Crippen LogP contribution >= 0.6 is 0 Å². The van der Waals surface area contributed by atoms with E-state index in [1.807, 2.05) is 27.7 Å². The number of nitrogens with one attached hydrogen (secondary N) is 1. The molecule has 2 aromatic carbocycles. The summed E-state index contributed by atoms with van der Waals surface area (Å²) in [4.78, 5) is 30.7. The Morgan fingerprint density at radius 2 is 1.65 bits per heavy atom. The average Bonchev–Trinajstić information content (AvgIpc) is 2.74. The van der Waals surface area contributed by atoms with Crippen LogP contribution in [0.2, 0.25) is 0 Å². The van der Waals surface area contributed by atoms with Gasteiger partial charge in [0.25, 0.3) is 5.91 Å². The van der Waals surface area contributed by atoms with Crippen LogP contribution < -0.4 is 11.1 Å². The van der Waals surface area contributed by atoms with E-state index in [4.69, 9.17) is 5.73 Å². The van der Waals surface area contributed by atoms with Gasteiger partial charge in [-0.05, 0) is 53.8 Å².